The Morgan fingerprint density at radius 3 is 2.47 bits per heavy atom. The second-order valence-corrected chi connectivity index (χ2v) is 6.40. The lowest BCUT2D eigenvalue weighted by Gasteiger charge is -2.19. The van der Waals surface area contributed by atoms with Crippen molar-refractivity contribution in [3.05, 3.63) is 29.6 Å². The number of benzene rings is 1. The van der Waals surface area contributed by atoms with Crippen LogP contribution in [0.2, 0.25) is 0 Å². The molecule has 3 N–H and O–H groups in total. The third-order valence-corrected chi connectivity index (χ3v) is 3.73. The first-order chi connectivity index (χ1) is 7.63. The van der Waals surface area contributed by atoms with Crippen molar-refractivity contribution in [2.24, 2.45) is 5.73 Å². The SMILES string of the molecule is Cc1cccc(F)c1S(=O)(=O)NCC(C)(C)N. The van der Waals surface area contributed by atoms with Crippen LogP contribution in [0.1, 0.15) is 19.4 Å². The van der Waals surface area contributed by atoms with Crippen molar-refractivity contribution in [2.75, 3.05) is 6.54 Å². The largest absolute Gasteiger partial charge is 0.324 e. The zero-order valence-electron chi connectivity index (χ0n) is 10.1. The van der Waals surface area contributed by atoms with Crippen molar-refractivity contribution < 1.29 is 12.8 Å². The molecule has 0 aromatic heterocycles. The Balaban J connectivity index is 3.06. The number of nitrogens with one attached hydrogen (secondary N) is 1. The van der Waals surface area contributed by atoms with Gasteiger partial charge < -0.3 is 5.73 Å². The molecule has 17 heavy (non-hydrogen) atoms. The van der Waals surface area contributed by atoms with Gasteiger partial charge in [-0.05, 0) is 32.4 Å². The minimum absolute atomic E-state index is 0.0447. The summed E-state index contributed by atoms with van der Waals surface area (Å²) in [5.74, 6) is -0.757. The number of hydrogen-bond donors (Lipinski definition) is 2. The predicted molar refractivity (Wildman–Crippen MR) is 64.6 cm³/mol. The van der Waals surface area contributed by atoms with E-state index < -0.39 is 21.4 Å². The van der Waals surface area contributed by atoms with Crippen molar-refractivity contribution in [3.63, 3.8) is 0 Å². The van der Waals surface area contributed by atoms with E-state index in [0.717, 1.165) is 6.07 Å². The van der Waals surface area contributed by atoms with Crippen LogP contribution in [0.5, 0.6) is 0 Å². The van der Waals surface area contributed by atoms with Gasteiger partial charge in [0.1, 0.15) is 10.7 Å². The normalized spacial score (nSPS) is 12.8. The van der Waals surface area contributed by atoms with Crippen molar-refractivity contribution in [3.8, 4) is 0 Å². The van der Waals surface area contributed by atoms with E-state index in [1.807, 2.05) is 0 Å². The topological polar surface area (TPSA) is 72.2 Å². The molecule has 0 aliphatic rings. The summed E-state index contributed by atoms with van der Waals surface area (Å²) < 4.78 is 39.6. The summed E-state index contributed by atoms with van der Waals surface area (Å²) in [7, 11) is -3.86. The van der Waals surface area contributed by atoms with Gasteiger partial charge >= 0.3 is 0 Å². The molecule has 0 atom stereocenters. The van der Waals surface area contributed by atoms with E-state index in [0.29, 0.717) is 5.56 Å². The Kier molecular flexibility index (Phi) is 3.91. The Labute approximate surface area is 101 Å². The van der Waals surface area contributed by atoms with Crippen molar-refractivity contribution in [1.29, 1.82) is 0 Å². The molecular formula is C11H17FN2O2S. The fourth-order valence-corrected chi connectivity index (χ4v) is 2.83. The molecule has 1 rings (SSSR count). The number of hydrogen-bond acceptors (Lipinski definition) is 3. The number of sulfonamides is 1. The second kappa shape index (κ2) is 4.72. The van der Waals surface area contributed by atoms with Crippen LogP contribution in [0.3, 0.4) is 0 Å². The Bertz CT molecular complexity index is 486. The predicted octanol–water partition coefficient (Wildman–Crippen LogP) is 1.15. The molecule has 0 bridgehead atoms. The minimum Gasteiger partial charge on any atom is -0.324 e. The standard InChI is InChI=1S/C11H17FN2O2S/c1-8-5-4-6-9(12)10(8)17(15,16)14-7-11(2,3)13/h4-6,14H,7,13H2,1-3H3. The van der Waals surface area contributed by atoms with E-state index in [2.05, 4.69) is 4.72 Å². The molecule has 96 valence electrons. The molecule has 0 spiro atoms. The molecule has 0 unspecified atom stereocenters. The maximum atomic E-state index is 13.5. The van der Waals surface area contributed by atoms with E-state index in [1.54, 1.807) is 26.8 Å². The first kappa shape index (κ1) is 14.1. The maximum Gasteiger partial charge on any atom is 0.243 e. The van der Waals surface area contributed by atoms with Crippen LogP contribution >= 0.6 is 0 Å². The number of aryl methyl sites for hydroxylation is 1. The molecular weight excluding hydrogens is 243 g/mol. The summed E-state index contributed by atoms with van der Waals surface area (Å²) in [5.41, 5.74) is 5.36. The van der Waals surface area contributed by atoms with Gasteiger partial charge in [0.05, 0.1) is 0 Å². The summed E-state index contributed by atoms with van der Waals surface area (Å²) in [5, 5.41) is 0. The maximum absolute atomic E-state index is 13.5. The van der Waals surface area contributed by atoms with Crippen LogP contribution < -0.4 is 10.5 Å². The van der Waals surface area contributed by atoms with Crippen LogP contribution in [-0.4, -0.2) is 20.5 Å². The highest BCUT2D eigenvalue weighted by atomic mass is 32.2. The van der Waals surface area contributed by atoms with Crippen LogP contribution in [0, 0.1) is 12.7 Å². The van der Waals surface area contributed by atoms with E-state index in [-0.39, 0.29) is 11.4 Å². The molecule has 0 radical (unpaired) electrons. The smallest absolute Gasteiger partial charge is 0.243 e. The molecule has 0 saturated carbocycles. The highest BCUT2D eigenvalue weighted by Crippen LogP contribution is 2.18. The Hall–Kier alpha value is -0.980. The molecule has 6 heteroatoms. The van der Waals surface area contributed by atoms with Gasteiger partial charge in [0.15, 0.2) is 0 Å². The highest BCUT2D eigenvalue weighted by Gasteiger charge is 2.23. The van der Waals surface area contributed by atoms with Gasteiger partial charge in [-0.25, -0.2) is 17.5 Å². The fourth-order valence-electron chi connectivity index (χ4n) is 1.31. The summed E-state index contributed by atoms with van der Waals surface area (Å²) in [6, 6.07) is 4.14. The first-order valence-corrected chi connectivity index (χ1v) is 6.65. The molecule has 0 amide bonds. The quantitative estimate of drug-likeness (QED) is 0.853. The molecule has 0 aliphatic heterocycles. The van der Waals surface area contributed by atoms with Crippen molar-refractivity contribution in [2.45, 2.75) is 31.2 Å². The van der Waals surface area contributed by atoms with Gasteiger partial charge in [0.25, 0.3) is 0 Å². The van der Waals surface area contributed by atoms with E-state index >= 15 is 0 Å². The average molecular weight is 260 g/mol. The van der Waals surface area contributed by atoms with Crippen molar-refractivity contribution in [1.82, 2.24) is 4.72 Å². The van der Waals surface area contributed by atoms with Crippen LogP contribution in [0.15, 0.2) is 23.1 Å². The van der Waals surface area contributed by atoms with E-state index in [4.69, 9.17) is 5.73 Å². The number of nitrogens with two attached hydrogens (primary N) is 1. The summed E-state index contributed by atoms with van der Waals surface area (Å²) in [6.07, 6.45) is 0. The fraction of sp³-hybridized carbons (Fsp3) is 0.455. The van der Waals surface area contributed by atoms with Gasteiger partial charge in [-0.3, -0.25) is 0 Å². The molecule has 0 saturated heterocycles. The first-order valence-electron chi connectivity index (χ1n) is 5.17. The average Bonchev–Trinajstić information content (AvgIpc) is 2.13. The Morgan fingerprint density at radius 1 is 1.41 bits per heavy atom. The zero-order valence-corrected chi connectivity index (χ0v) is 10.9. The van der Waals surface area contributed by atoms with Crippen LogP contribution in [0.25, 0.3) is 0 Å². The summed E-state index contributed by atoms with van der Waals surface area (Å²) >= 11 is 0. The third kappa shape index (κ3) is 3.76. The molecule has 1 aromatic carbocycles. The summed E-state index contributed by atoms with van der Waals surface area (Å²) in [6.45, 7) is 4.96. The summed E-state index contributed by atoms with van der Waals surface area (Å²) in [4.78, 5) is -0.316. The second-order valence-electron chi connectivity index (χ2n) is 4.70. The van der Waals surface area contributed by atoms with Gasteiger partial charge in [-0.2, -0.15) is 0 Å². The van der Waals surface area contributed by atoms with Gasteiger partial charge in [-0.15, -0.1) is 0 Å². The molecule has 4 nitrogen and oxygen atoms in total. The lowest BCUT2D eigenvalue weighted by molar-refractivity contribution is 0.494. The van der Waals surface area contributed by atoms with Crippen molar-refractivity contribution >= 4 is 10.0 Å². The number of halogens is 1. The number of rotatable bonds is 4. The lowest BCUT2D eigenvalue weighted by atomic mass is 10.1. The highest BCUT2D eigenvalue weighted by molar-refractivity contribution is 7.89. The van der Waals surface area contributed by atoms with Gasteiger partial charge in [-0.1, -0.05) is 12.1 Å². The zero-order chi connectivity index (χ0) is 13.3. The van der Waals surface area contributed by atoms with E-state index in [1.165, 1.54) is 6.07 Å². The van der Waals surface area contributed by atoms with Gasteiger partial charge in [0, 0.05) is 12.1 Å². The van der Waals surface area contributed by atoms with E-state index in [9.17, 15) is 12.8 Å². The minimum atomic E-state index is -3.86. The Morgan fingerprint density at radius 2 is 2.00 bits per heavy atom. The molecule has 0 aliphatic carbocycles. The van der Waals surface area contributed by atoms with Gasteiger partial charge in [0.2, 0.25) is 10.0 Å². The monoisotopic (exact) mass is 260 g/mol. The van der Waals surface area contributed by atoms with Crippen LogP contribution in [-0.2, 0) is 10.0 Å². The molecule has 0 heterocycles. The third-order valence-electron chi connectivity index (χ3n) is 2.15. The molecule has 0 fully saturated rings. The molecule has 1 aromatic rings. The van der Waals surface area contributed by atoms with Crippen LogP contribution in [0.4, 0.5) is 4.39 Å². The lowest BCUT2D eigenvalue weighted by Crippen LogP contribution is -2.45.